The van der Waals surface area contributed by atoms with Crippen LogP contribution in [0.2, 0.25) is 0 Å². The molecule has 1 aromatic heterocycles. The lowest BCUT2D eigenvalue weighted by atomic mass is 9.86. The summed E-state index contributed by atoms with van der Waals surface area (Å²) in [6, 6.07) is 0. The molecule has 0 fully saturated rings. The Morgan fingerprint density at radius 1 is 1.50 bits per heavy atom. The zero-order chi connectivity index (χ0) is 12.5. The van der Waals surface area contributed by atoms with Crippen LogP contribution in [0, 0.1) is 5.92 Å². The first-order valence-corrected chi connectivity index (χ1v) is 5.69. The van der Waals surface area contributed by atoms with Crippen LogP contribution in [0.3, 0.4) is 0 Å². The van der Waals surface area contributed by atoms with Gasteiger partial charge in [-0.25, -0.2) is 0 Å². The van der Waals surface area contributed by atoms with Crippen LogP contribution in [0.25, 0.3) is 0 Å². The molecule has 4 nitrogen and oxygen atoms in total. The van der Waals surface area contributed by atoms with Gasteiger partial charge in [-0.05, 0) is 12.5 Å². The predicted molar refractivity (Wildman–Crippen MR) is 65.1 cm³/mol. The minimum atomic E-state index is -0.534. The summed E-state index contributed by atoms with van der Waals surface area (Å²) in [5.41, 5.74) is 7.37. The molecule has 0 saturated heterocycles. The normalized spacial score (nSPS) is 16.2. The average molecular weight is 225 g/mol. The van der Waals surface area contributed by atoms with Crippen molar-refractivity contribution in [2.24, 2.45) is 18.7 Å². The van der Waals surface area contributed by atoms with Gasteiger partial charge in [0.2, 0.25) is 0 Å². The molecule has 1 rings (SSSR count). The Morgan fingerprint density at radius 2 is 2.06 bits per heavy atom. The van der Waals surface area contributed by atoms with Gasteiger partial charge in [0.1, 0.15) is 0 Å². The lowest BCUT2D eigenvalue weighted by Gasteiger charge is -2.22. The van der Waals surface area contributed by atoms with Crippen LogP contribution < -0.4 is 5.73 Å². The molecule has 2 unspecified atom stereocenters. The van der Waals surface area contributed by atoms with Gasteiger partial charge in [0.15, 0.2) is 0 Å². The van der Waals surface area contributed by atoms with Gasteiger partial charge >= 0.3 is 0 Å². The Morgan fingerprint density at radius 3 is 2.50 bits per heavy atom. The smallest absolute Gasteiger partial charge is 0.0861 e. The van der Waals surface area contributed by atoms with E-state index in [0.717, 1.165) is 11.3 Å². The first-order valence-electron chi connectivity index (χ1n) is 5.69. The quantitative estimate of drug-likeness (QED) is 0.816. The van der Waals surface area contributed by atoms with E-state index in [1.807, 2.05) is 20.2 Å². The Hall–Kier alpha value is -0.870. The maximum absolute atomic E-state index is 10.2. The molecular weight excluding hydrogens is 202 g/mol. The highest BCUT2D eigenvalue weighted by Crippen LogP contribution is 2.31. The number of aliphatic hydroxyl groups excluding tert-OH is 1. The number of nitrogens with zero attached hydrogens (tertiary/aromatic N) is 2. The van der Waals surface area contributed by atoms with Crippen LogP contribution in [0.1, 0.15) is 45.1 Å². The maximum atomic E-state index is 10.2. The van der Waals surface area contributed by atoms with Gasteiger partial charge in [0, 0.05) is 24.2 Å². The third-order valence-corrected chi connectivity index (χ3v) is 2.80. The molecule has 1 aromatic rings. The molecule has 3 N–H and O–H groups in total. The van der Waals surface area contributed by atoms with Gasteiger partial charge < -0.3 is 10.8 Å². The van der Waals surface area contributed by atoms with Crippen molar-refractivity contribution in [1.29, 1.82) is 0 Å². The molecule has 0 saturated carbocycles. The third-order valence-electron chi connectivity index (χ3n) is 2.80. The summed E-state index contributed by atoms with van der Waals surface area (Å²) in [7, 11) is 1.87. The highest BCUT2D eigenvalue weighted by molar-refractivity contribution is 5.26. The molecule has 0 aliphatic rings. The van der Waals surface area contributed by atoms with Gasteiger partial charge in [0.05, 0.1) is 11.8 Å². The molecule has 1 heterocycles. The Labute approximate surface area is 97.5 Å². The van der Waals surface area contributed by atoms with Gasteiger partial charge in [-0.1, -0.05) is 27.7 Å². The van der Waals surface area contributed by atoms with E-state index in [-0.39, 0.29) is 11.3 Å². The van der Waals surface area contributed by atoms with E-state index in [9.17, 15) is 5.11 Å². The molecule has 92 valence electrons. The van der Waals surface area contributed by atoms with Crippen LogP contribution in [-0.2, 0) is 12.5 Å². The molecule has 0 aliphatic carbocycles. The molecule has 16 heavy (non-hydrogen) atoms. The van der Waals surface area contributed by atoms with E-state index in [1.54, 1.807) is 4.68 Å². The highest BCUT2D eigenvalue weighted by atomic mass is 16.3. The SMILES string of the molecule is CC(CN)C(O)c1cn(C)nc1C(C)(C)C. The number of hydrogen-bond donors (Lipinski definition) is 2. The van der Waals surface area contributed by atoms with E-state index in [0.29, 0.717) is 6.54 Å². The molecule has 2 atom stereocenters. The molecule has 0 amide bonds. The van der Waals surface area contributed by atoms with E-state index < -0.39 is 6.10 Å². The van der Waals surface area contributed by atoms with Crippen molar-refractivity contribution in [2.75, 3.05) is 6.54 Å². The van der Waals surface area contributed by atoms with Crippen molar-refractivity contribution >= 4 is 0 Å². The van der Waals surface area contributed by atoms with Crippen molar-refractivity contribution in [1.82, 2.24) is 9.78 Å². The van der Waals surface area contributed by atoms with E-state index in [4.69, 9.17) is 5.73 Å². The molecule has 0 aliphatic heterocycles. The van der Waals surface area contributed by atoms with Crippen LogP contribution in [-0.4, -0.2) is 21.4 Å². The first-order chi connectivity index (χ1) is 7.27. The number of rotatable bonds is 3. The summed E-state index contributed by atoms with van der Waals surface area (Å²) < 4.78 is 1.75. The summed E-state index contributed by atoms with van der Waals surface area (Å²) in [5, 5.41) is 14.6. The summed E-state index contributed by atoms with van der Waals surface area (Å²) in [5.74, 6) is 0.0466. The maximum Gasteiger partial charge on any atom is 0.0861 e. The van der Waals surface area contributed by atoms with Gasteiger partial charge in [-0.15, -0.1) is 0 Å². The third kappa shape index (κ3) is 2.62. The molecular formula is C12H23N3O. The lowest BCUT2D eigenvalue weighted by Crippen LogP contribution is -2.22. The largest absolute Gasteiger partial charge is 0.388 e. The monoisotopic (exact) mass is 225 g/mol. The van der Waals surface area contributed by atoms with Crippen molar-refractivity contribution in [3.63, 3.8) is 0 Å². The summed E-state index contributed by atoms with van der Waals surface area (Å²) in [4.78, 5) is 0. The number of aryl methyl sites for hydroxylation is 1. The second-order valence-corrected chi connectivity index (χ2v) is 5.51. The van der Waals surface area contributed by atoms with E-state index in [1.165, 1.54) is 0 Å². The van der Waals surface area contributed by atoms with Gasteiger partial charge in [-0.3, -0.25) is 4.68 Å². The van der Waals surface area contributed by atoms with E-state index >= 15 is 0 Å². The first kappa shape index (κ1) is 13.2. The molecule has 4 heteroatoms. The van der Waals surface area contributed by atoms with Crippen LogP contribution in [0.5, 0.6) is 0 Å². The Kier molecular flexibility index (Phi) is 3.76. The van der Waals surface area contributed by atoms with Gasteiger partial charge in [0.25, 0.3) is 0 Å². The fourth-order valence-electron chi connectivity index (χ4n) is 1.74. The number of aromatic nitrogens is 2. The number of nitrogens with two attached hydrogens (primary N) is 1. The minimum absolute atomic E-state index is 0.0466. The zero-order valence-corrected chi connectivity index (χ0v) is 10.9. The van der Waals surface area contributed by atoms with Gasteiger partial charge in [-0.2, -0.15) is 5.10 Å². The summed E-state index contributed by atoms with van der Waals surface area (Å²) in [6.45, 7) is 8.71. The number of aliphatic hydroxyl groups is 1. The van der Waals surface area contributed by atoms with Crippen LogP contribution in [0.15, 0.2) is 6.20 Å². The number of hydrogen-bond acceptors (Lipinski definition) is 3. The predicted octanol–water partition coefficient (Wildman–Crippen LogP) is 1.35. The minimum Gasteiger partial charge on any atom is -0.388 e. The summed E-state index contributed by atoms with van der Waals surface area (Å²) in [6.07, 6.45) is 1.35. The Balaban J connectivity index is 3.13. The van der Waals surface area contributed by atoms with Crippen molar-refractivity contribution in [3.8, 4) is 0 Å². The topological polar surface area (TPSA) is 64.1 Å². The van der Waals surface area contributed by atoms with Crippen molar-refractivity contribution in [3.05, 3.63) is 17.5 Å². The molecule has 0 bridgehead atoms. The second kappa shape index (κ2) is 4.55. The lowest BCUT2D eigenvalue weighted by molar-refractivity contribution is 0.119. The highest BCUT2D eigenvalue weighted by Gasteiger charge is 2.27. The molecule has 0 aromatic carbocycles. The standard InChI is InChI=1S/C12H23N3O/c1-8(6-13)10(16)9-7-15(5)14-11(9)12(2,3)4/h7-8,10,16H,6,13H2,1-5H3. The molecule has 0 spiro atoms. The second-order valence-electron chi connectivity index (χ2n) is 5.51. The van der Waals surface area contributed by atoms with Crippen LogP contribution in [0.4, 0.5) is 0 Å². The van der Waals surface area contributed by atoms with Crippen LogP contribution >= 0.6 is 0 Å². The van der Waals surface area contributed by atoms with Crippen molar-refractivity contribution in [2.45, 2.75) is 39.2 Å². The zero-order valence-electron chi connectivity index (χ0n) is 10.9. The molecule has 0 radical (unpaired) electrons. The summed E-state index contributed by atoms with van der Waals surface area (Å²) >= 11 is 0. The fourth-order valence-corrected chi connectivity index (χ4v) is 1.74. The van der Waals surface area contributed by atoms with E-state index in [2.05, 4.69) is 25.9 Å². The fraction of sp³-hybridized carbons (Fsp3) is 0.750. The average Bonchev–Trinajstić information content (AvgIpc) is 2.57. The Bertz CT molecular complexity index is 352. The van der Waals surface area contributed by atoms with Crippen molar-refractivity contribution < 1.29 is 5.11 Å².